The Morgan fingerprint density at radius 3 is 2.28 bits per heavy atom. The van der Waals surface area contributed by atoms with Gasteiger partial charge in [0.1, 0.15) is 5.82 Å². The predicted octanol–water partition coefficient (Wildman–Crippen LogP) is 4.38. The fraction of sp³-hybridized carbons (Fsp3) is 0. The van der Waals surface area contributed by atoms with Gasteiger partial charge < -0.3 is 4.55 Å². The fourth-order valence-electron chi connectivity index (χ4n) is 1.60. The molecule has 0 aromatic heterocycles. The molecule has 0 amide bonds. The zero-order valence-corrected chi connectivity index (χ0v) is 11.2. The minimum absolute atomic E-state index is 0.0615. The van der Waals surface area contributed by atoms with Crippen LogP contribution >= 0.6 is 23.2 Å². The molecule has 1 N–H and O–H groups in total. The van der Waals surface area contributed by atoms with Gasteiger partial charge in [-0.15, -0.1) is 0 Å². The minimum atomic E-state index is -2.25. The number of rotatable bonds is 2. The lowest BCUT2D eigenvalue weighted by Gasteiger charge is -2.10. The molecule has 6 heteroatoms. The fourth-order valence-corrected chi connectivity index (χ4v) is 2.74. The third-order valence-electron chi connectivity index (χ3n) is 2.36. The van der Waals surface area contributed by atoms with E-state index in [2.05, 4.69) is 0 Å². The molecule has 1 atom stereocenters. The molecule has 0 aliphatic carbocycles. The summed E-state index contributed by atoms with van der Waals surface area (Å²) in [4.78, 5) is 0.0615. The van der Waals surface area contributed by atoms with E-state index in [1.165, 1.54) is 6.07 Å². The van der Waals surface area contributed by atoms with Crippen molar-refractivity contribution in [1.82, 2.24) is 0 Å². The topological polar surface area (TPSA) is 37.3 Å². The van der Waals surface area contributed by atoms with Crippen LogP contribution in [0.5, 0.6) is 0 Å². The van der Waals surface area contributed by atoms with Gasteiger partial charge in [-0.3, -0.25) is 0 Å². The lowest BCUT2D eigenvalue weighted by atomic mass is 10.1. The summed E-state index contributed by atoms with van der Waals surface area (Å²) in [7, 11) is 0. The third kappa shape index (κ3) is 2.57. The monoisotopic (exact) mass is 304 g/mol. The second-order valence-corrected chi connectivity index (χ2v) is 5.24. The van der Waals surface area contributed by atoms with E-state index in [-0.39, 0.29) is 10.5 Å². The third-order valence-corrected chi connectivity index (χ3v) is 3.72. The van der Waals surface area contributed by atoms with Gasteiger partial charge in [0.15, 0.2) is 11.1 Å². The molecule has 2 nitrogen and oxygen atoms in total. The zero-order valence-electron chi connectivity index (χ0n) is 8.86. The Bertz CT molecular complexity index is 611. The molecule has 0 saturated carbocycles. The minimum Gasteiger partial charge on any atom is -0.302 e. The molecule has 0 aliphatic rings. The highest BCUT2D eigenvalue weighted by atomic mass is 35.5. The van der Waals surface area contributed by atoms with Gasteiger partial charge in [0.2, 0.25) is 0 Å². The summed E-state index contributed by atoms with van der Waals surface area (Å²) >= 11 is 9.76. The highest BCUT2D eigenvalue weighted by Gasteiger charge is 2.16. The normalized spacial score (nSPS) is 12.4. The molecule has 2 rings (SSSR count). The largest absolute Gasteiger partial charge is 0.302 e. The predicted molar refractivity (Wildman–Crippen MR) is 70.9 cm³/mol. The Morgan fingerprint density at radius 2 is 1.72 bits per heavy atom. The first-order valence-electron chi connectivity index (χ1n) is 4.85. The van der Waals surface area contributed by atoms with Crippen LogP contribution in [-0.2, 0) is 11.1 Å². The van der Waals surface area contributed by atoms with Gasteiger partial charge in [-0.2, -0.15) is 0 Å². The van der Waals surface area contributed by atoms with Gasteiger partial charge in [0.05, 0.1) is 4.90 Å². The van der Waals surface area contributed by atoms with E-state index in [1.54, 1.807) is 18.2 Å². The SMILES string of the molecule is O=S(O)c1ccc(F)cc1-c1c(Cl)cccc1Cl. The van der Waals surface area contributed by atoms with Crippen molar-refractivity contribution in [2.75, 3.05) is 0 Å². The lowest BCUT2D eigenvalue weighted by Crippen LogP contribution is -1.95. The first-order valence-corrected chi connectivity index (χ1v) is 6.72. The molecule has 0 heterocycles. The highest BCUT2D eigenvalue weighted by molar-refractivity contribution is 7.79. The Morgan fingerprint density at radius 1 is 1.11 bits per heavy atom. The molecular formula is C12H7Cl2FO2S. The Labute approximate surface area is 116 Å². The van der Waals surface area contributed by atoms with Crippen LogP contribution < -0.4 is 0 Å². The van der Waals surface area contributed by atoms with E-state index in [4.69, 9.17) is 23.2 Å². The summed E-state index contributed by atoms with van der Waals surface area (Å²) < 4.78 is 33.7. The maximum absolute atomic E-state index is 13.3. The summed E-state index contributed by atoms with van der Waals surface area (Å²) in [5, 5.41) is 0.583. The average molecular weight is 305 g/mol. The van der Waals surface area contributed by atoms with Crippen LogP contribution in [0.1, 0.15) is 0 Å². The lowest BCUT2D eigenvalue weighted by molar-refractivity contribution is 0.564. The summed E-state index contributed by atoms with van der Waals surface area (Å²) in [6.45, 7) is 0. The number of hydrogen-bond acceptors (Lipinski definition) is 1. The van der Waals surface area contributed by atoms with Crippen molar-refractivity contribution < 1.29 is 13.2 Å². The van der Waals surface area contributed by atoms with E-state index in [1.807, 2.05) is 0 Å². The summed E-state index contributed by atoms with van der Waals surface area (Å²) in [5.41, 5.74) is 0.559. The molecule has 0 fully saturated rings. The summed E-state index contributed by atoms with van der Waals surface area (Å²) in [5.74, 6) is -0.532. The Balaban J connectivity index is 2.77. The number of hydrogen-bond donors (Lipinski definition) is 1. The van der Waals surface area contributed by atoms with Crippen LogP contribution in [-0.4, -0.2) is 8.76 Å². The van der Waals surface area contributed by atoms with E-state index >= 15 is 0 Å². The van der Waals surface area contributed by atoms with Crippen molar-refractivity contribution in [2.24, 2.45) is 0 Å². The molecule has 18 heavy (non-hydrogen) atoms. The van der Waals surface area contributed by atoms with Gasteiger partial charge in [0, 0.05) is 21.2 Å². The quantitative estimate of drug-likeness (QED) is 0.836. The van der Waals surface area contributed by atoms with Crippen molar-refractivity contribution in [3.63, 3.8) is 0 Å². The molecule has 1 unspecified atom stereocenters. The number of benzene rings is 2. The van der Waals surface area contributed by atoms with Crippen LogP contribution in [0.3, 0.4) is 0 Å². The average Bonchev–Trinajstić information content (AvgIpc) is 2.28. The molecule has 0 aliphatic heterocycles. The first-order chi connectivity index (χ1) is 8.50. The maximum atomic E-state index is 13.3. The van der Waals surface area contributed by atoms with Gasteiger partial charge in [-0.25, -0.2) is 8.60 Å². The van der Waals surface area contributed by atoms with Crippen LogP contribution in [0, 0.1) is 5.82 Å². The van der Waals surface area contributed by atoms with Crippen LogP contribution in [0.2, 0.25) is 10.0 Å². The molecule has 2 aromatic rings. The Kier molecular flexibility index (Phi) is 4.02. The molecule has 0 radical (unpaired) electrons. The van der Waals surface area contributed by atoms with E-state index < -0.39 is 16.9 Å². The van der Waals surface area contributed by atoms with Crippen molar-refractivity contribution in [1.29, 1.82) is 0 Å². The van der Waals surface area contributed by atoms with Gasteiger partial charge in [-0.05, 0) is 30.3 Å². The molecule has 94 valence electrons. The first kappa shape index (κ1) is 13.5. The Hall–Kier alpha value is -0.940. The van der Waals surface area contributed by atoms with E-state index in [0.29, 0.717) is 15.6 Å². The molecule has 0 spiro atoms. The van der Waals surface area contributed by atoms with Gasteiger partial charge in [-0.1, -0.05) is 29.3 Å². The summed E-state index contributed by atoms with van der Waals surface area (Å²) in [6.07, 6.45) is 0. The van der Waals surface area contributed by atoms with Crippen molar-refractivity contribution in [2.45, 2.75) is 4.90 Å². The van der Waals surface area contributed by atoms with Crippen molar-refractivity contribution in [3.8, 4) is 11.1 Å². The molecule has 2 aromatic carbocycles. The van der Waals surface area contributed by atoms with Gasteiger partial charge >= 0.3 is 0 Å². The smallest absolute Gasteiger partial charge is 0.187 e. The van der Waals surface area contributed by atoms with E-state index in [9.17, 15) is 13.2 Å². The second-order valence-electron chi connectivity index (χ2n) is 3.49. The van der Waals surface area contributed by atoms with E-state index in [0.717, 1.165) is 12.1 Å². The zero-order chi connectivity index (χ0) is 13.3. The maximum Gasteiger partial charge on any atom is 0.187 e. The molecule has 0 bridgehead atoms. The van der Waals surface area contributed by atoms with Gasteiger partial charge in [0.25, 0.3) is 0 Å². The number of halogens is 3. The molecule has 0 saturated heterocycles. The summed E-state index contributed by atoms with van der Waals surface area (Å²) in [6, 6.07) is 8.28. The van der Waals surface area contributed by atoms with Crippen LogP contribution in [0.15, 0.2) is 41.3 Å². The standard InChI is InChI=1S/C12H7Cl2FO2S/c13-9-2-1-3-10(14)12(9)8-6-7(15)4-5-11(8)18(16)17/h1-6H,(H,16,17). The molecular weight excluding hydrogens is 298 g/mol. The highest BCUT2D eigenvalue weighted by Crippen LogP contribution is 2.37. The van der Waals surface area contributed by atoms with Crippen LogP contribution in [0.25, 0.3) is 11.1 Å². The van der Waals surface area contributed by atoms with Crippen molar-refractivity contribution in [3.05, 3.63) is 52.3 Å². The second kappa shape index (κ2) is 5.36. The van der Waals surface area contributed by atoms with Crippen LogP contribution in [0.4, 0.5) is 4.39 Å². The van der Waals surface area contributed by atoms with Crippen molar-refractivity contribution >= 4 is 34.3 Å².